The van der Waals surface area contributed by atoms with Crippen molar-refractivity contribution in [1.29, 1.82) is 5.26 Å². The number of fused-ring (bicyclic) bond motifs is 1. The Morgan fingerprint density at radius 2 is 2.18 bits per heavy atom. The number of carbonyl (C=O) groups excluding carboxylic acids is 1. The number of carbonyl (C=O) groups is 1. The van der Waals surface area contributed by atoms with Crippen molar-refractivity contribution in [3.05, 3.63) is 46.7 Å². The number of nitrogens with two attached hydrogens (primary N) is 1. The first kappa shape index (κ1) is 20.4. The van der Waals surface area contributed by atoms with Gasteiger partial charge in [-0.1, -0.05) is 37.6 Å². The lowest BCUT2D eigenvalue weighted by atomic mass is 9.87. The zero-order valence-corrected chi connectivity index (χ0v) is 17.1. The molecule has 1 atom stereocenters. The van der Waals surface area contributed by atoms with E-state index in [-0.39, 0.29) is 11.3 Å². The molecule has 1 aromatic carbocycles. The Kier molecular flexibility index (Phi) is 6.07. The second-order valence-corrected chi connectivity index (χ2v) is 8.58. The van der Waals surface area contributed by atoms with Crippen molar-refractivity contribution in [3.63, 3.8) is 0 Å². The van der Waals surface area contributed by atoms with Crippen LogP contribution in [0.4, 0.5) is 0 Å². The Labute approximate surface area is 170 Å². The first-order valence-electron chi connectivity index (χ1n) is 9.54. The summed E-state index contributed by atoms with van der Waals surface area (Å²) in [5, 5.41) is 13.9. The molecule has 0 saturated heterocycles. The van der Waals surface area contributed by atoms with E-state index in [1.807, 2.05) is 40.0 Å². The van der Waals surface area contributed by atoms with Crippen LogP contribution in [0.25, 0.3) is 5.69 Å². The van der Waals surface area contributed by atoms with Gasteiger partial charge in [0.15, 0.2) is 0 Å². The topological polar surface area (TPSA) is 87.9 Å². The number of hydrogen-bond donors (Lipinski definition) is 1. The van der Waals surface area contributed by atoms with Gasteiger partial charge in [-0.05, 0) is 36.8 Å². The zero-order valence-electron chi connectivity index (χ0n) is 16.4. The molecule has 1 amide bonds. The molecule has 148 valence electrons. The average Bonchev–Trinajstić information content (AvgIpc) is 2.95. The minimum Gasteiger partial charge on any atom is -0.336 e. The molecule has 2 heterocycles. The van der Waals surface area contributed by atoms with E-state index in [1.165, 1.54) is 0 Å². The molecule has 1 aliphatic rings. The van der Waals surface area contributed by atoms with Crippen molar-refractivity contribution in [2.24, 2.45) is 11.1 Å². The van der Waals surface area contributed by atoms with Gasteiger partial charge in [0.25, 0.3) is 0 Å². The molecule has 1 unspecified atom stereocenters. The molecule has 2 aromatic rings. The maximum atomic E-state index is 12.9. The number of amides is 1. The average molecular weight is 400 g/mol. The van der Waals surface area contributed by atoms with Crippen molar-refractivity contribution in [3.8, 4) is 11.8 Å². The predicted octanol–water partition coefficient (Wildman–Crippen LogP) is 3.46. The van der Waals surface area contributed by atoms with Crippen LogP contribution >= 0.6 is 11.6 Å². The monoisotopic (exact) mass is 399 g/mol. The van der Waals surface area contributed by atoms with Gasteiger partial charge in [-0.3, -0.25) is 4.79 Å². The van der Waals surface area contributed by atoms with Crippen molar-refractivity contribution in [1.82, 2.24) is 14.7 Å². The van der Waals surface area contributed by atoms with Gasteiger partial charge in [0.05, 0.1) is 29.0 Å². The molecule has 0 fully saturated rings. The number of aromatic nitrogens is 2. The lowest BCUT2D eigenvalue weighted by Gasteiger charge is -2.31. The number of halogens is 1. The predicted molar refractivity (Wildman–Crippen MR) is 109 cm³/mol. The fourth-order valence-electron chi connectivity index (χ4n) is 3.76. The maximum Gasteiger partial charge on any atom is 0.239 e. The van der Waals surface area contributed by atoms with Gasteiger partial charge < -0.3 is 10.6 Å². The highest BCUT2D eigenvalue weighted by atomic mass is 35.5. The highest BCUT2D eigenvalue weighted by Crippen LogP contribution is 2.33. The third kappa shape index (κ3) is 4.37. The molecule has 28 heavy (non-hydrogen) atoms. The molecule has 0 aliphatic carbocycles. The van der Waals surface area contributed by atoms with Crippen LogP contribution in [0.2, 0.25) is 5.02 Å². The molecule has 0 radical (unpaired) electrons. The summed E-state index contributed by atoms with van der Waals surface area (Å²) in [6.45, 7) is 5.39. The maximum absolute atomic E-state index is 12.9. The van der Waals surface area contributed by atoms with Gasteiger partial charge in [-0.25, -0.2) is 4.68 Å². The number of unbranched alkanes of at least 4 members (excludes halogenated alkanes) is 1. The third-order valence-corrected chi connectivity index (χ3v) is 5.41. The Balaban J connectivity index is 1.88. The fourth-order valence-corrected chi connectivity index (χ4v) is 3.98. The van der Waals surface area contributed by atoms with Crippen LogP contribution in [-0.4, -0.2) is 33.2 Å². The summed E-state index contributed by atoms with van der Waals surface area (Å²) in [7, 11) is 0. The Hall–Kier alpha value is -2.36. The highest BCUT2D eigenvalue weighted by Gasteiger charge is 2.34. The molecular formula is C21H26ClN5O. The summed E-state index contributed by atoms with van der Waals surface area (Å²) in [6, 6.07) is 9.15. The van der Waals surface area contributed by atoms with Crippen LogP contribution in [0.1, 0.15) is 44.4 Å². The molecule has 1 aliphatic heterocycles. The van der Waals surface area contributed by atoms with Gasteiger partial charge in [0, 0.05) is 30.8 Å². The first-order chi connectivity index (χ1) is 13.3. The van der Waals surface area contributed by atoms with E-state index in [1.54, 1.807) is 0 Å². The summed E-state index contributed by atoms with van der Waals surface area (Å²) >= 11 is 6.39. The van der Waals surface area contributed by atoms with Crippen molar-refractivity contribution in [2.45, 2.75) is 52.1 Å². The number of nitriles is 1. The molecule has 0 saturated carbocycles. The minimum absolute atomic E-state index is 0.0654. The normalized spacial score (nSPS) is 16.8. The summed E-state index contributed by atoms with van der Waals surface area (Å²) in [4.78, 5) is 14.8. The van der Waals surface area contributed by atoms with Gasteiger partial charge in [0.2, 0.25) is 5.91 Å². The standard InChI is InChI=1S/C21H26ClN5O/c1-21(2)11-19-15(12-25-27(19)18-9-4-3-7-16(18)22)13-26(14-21)20(28)17(24)8-5-6-10-23/h3-4,7,9,12,17H,5-6,8,11,13-14,24H2,1-2H3. The van der Waals surface area contributed by atoms with Crippen LogP contribution in [0.3, 0.4) is 0 Å². The highest BCUT2D eigenvalue weighted by molar-refractivity contribution is 6.32. The minimum atomic E-state index is -0.579. The molecular weight excluding hydrogens is 374 g/mol. The second-order valence-electron chi connectivity index (χ2n) is 8.17. The Morgan fingerprint density at radius 1 is 1.43 bits per heavy atom. The quantitative estimate of drug-likeness (QED) is 0.780. The fraction of sp³-hybridized carbons (Fsp3) is 0.476. The van der Waals surface area contributed by atoms with Gasteiger partial charge in [-0.2, -0.15) is 10.4 Å². The van der Waals surface area contributed by atoms with E-state index in [4.69, 9.17) is 22.6 Å². The smallest absolute Gasteiger partial charge is 0.239 e. The number of nitrogens with zero attached hydrogens (tertiary/aromatic N) is 4. The third-order valence-electron chi connectivity index (χ3n) is 5.09. The van der Waals surface area contributed by atoms with Gasteiger partial charge in [0.1, 0.15) is 0 Å². The summed E-state index contributed by atoms with van der Waals surface area (Å²) in [5.74, 6) is -0.0654. The lowest BCUT2D eigenvalue weighted by molar-refractivity contribution is -0.134. The molecule has 6 nitrogen and oxygen atoms in total. The lowest BCUT2D eigenvalue weighted by Crippen LogP contribution is -2.46. The SMILES string of the molecule is CC1(C)Cc2c(cnn2-c2ccccc2Cl)CN(C(=O)C(N)CCCC#N)C1. The summed E-state index contributed by atoms with van der Waals surface area (Å²) in [6.07, 6.45) is 4.18. The summed E-state index contributed by atoms with van der Waals surface area (Å²) in [5.41, 5.74) is 8.93. The van der Waals surface area contributed by atoms with E-state index in [9.17, 15) is 4.79 Å². The number of benzene rings is 1. The van der Waals surface area contributed by atoms with Crippen LogP contribution in [-0.2, 0) is 17.8 Å². The van der Waals surface area contributed by atoms with E-state index < -0.39 is 6.04 Å². The van der Waals surface area contributed by atoms with Gasteiger partial charge >= 0.3 is 0 Å². The number of hydrogen-bond acceptors (Lipinski definition) is 4. The van der Waals surface area contributed by atoms with Crippen molar-refractivity contribution < 1.29 is 4.79 Å². The van der Waals surface area contributed by atoms with Crippen molar-refractivity contribution >= 4 is 17.5 Å². The Bertz CT molecular complexity index is 898. The molecule has 0 bridgehead atoms. The second kappa shape index (κ2) is 8.34. The van der Waals surface area contributed by atoms with Crippen LogP contribution in [0, 0.1) is 16.7 Å². The van der Waals surface area contributed by atoms with Crippen LogP contribution < -0.4 is 5.73 Å². The van der Waals surface area contributed by atoms with Crippen LogP contribution in [0.5, 0.6) is 0 Å². The zero-order chi connectivity index (χ0) is 20.3. The largest absolute Gasteiger partial charge is 0.336 e. The molecule has 2 N–H and O–H groups in total. The van der Waals surface area contributed by atoms with Crippen LogP contribution in [0.15, 0.2) is 30.5 Å². The molecule has 0 spiro atoms. The molecule has 3 rings (SSSR count). The number of rotatable bonds is 5. The van der Waals surface area contributed by atoms with Crippen molar-refractivity contribution in [2.75, 3.05) is 6.54 Å². The Morgan fingerprint density at radius 3 is 2.89 bits per heavy atom. The van der Waals surface area contributed by atoms with Gasteiger partial charge in [-0.15, -0.1) is 0 Å². The van der Waals surface area contributed by atoms with E-state index in [0.29, 0.717) is 37.4 Å². The number of para-hydroxylation sites is 1. The molecule has 1 aromatic heterocycles. The molecule has 7 heteroatoms. The van der Waals surface area contributed by atoms with E-state index in [2.05, 4.69) is 25.0 Å². The van der Waals surface area contributed by atoms with E-state index in [0.717, 1.165) is 23.4 Å². The van der Waals surface area contributed by atoms with E-state index >= 15 is 0 Å². The first-order valence-corrected chi connectivity index (χ1v) is 9.92. The summed E-state index contributed by atoms with van der Waals surface area (Å²) < 4.78 is 1.89.